The highest BCUT2D eigenvalue weighted by Gasteiger charge is 2.16. The molecule has 0 aliphatic heterocycles. The number of amides is 2. The first-order valence-corrected chi connectivity index (χ1v) is 9.50. The second-order valence-corrected chi connectivity index (χ2v) is 6.60. The van der Waals surface area contributed by atoms with Crippen LogP contribution >= 0.6 is 11.3 Å². The maximum Gasteiger partial charge on any atom is 0.270 e. The van der Waals surface area contributed by atoms with Crippen LogP contribution in [0.25, 0.3) is 0 Å². The van der Waals surface area contributed by atoms with Gasteiger partial charge in [0, 0.05) is 24.9 Å². The number of unbranched alkanes of at least 4 members (excludes halogenated alkanes) is 2. The number of hydrogen-bond acceptors (Lipinski definition) is 4. The van der Waals surface area contributed by atoms with Crippen molar-refractivity contribution in [2.45, 2.75) is 65.8 Å². The van der Waals surface area contributed by atoms with Gasteiger partial charge in [-0.1, -0.05) is 33.6 Å². The summed E-state index contributed by atoms with van der Waals surface area (Å²) in [6.45, 7) is 8.16. The van der Waals surface area contributed by atoms with Crippen molar-refractivity contribution in [3.05, 3.63) is 16.1 Å². The summed E-state index contributed by atoms with van der Waals surface area (Å²) in [6.07, 6.45) is 5.49. The van der Waals surface area contributed by atoms with Gasteiger partial charge < -0.3 is 10.2 Å². The molecule has 0 unspecified atom stereocenters. The van der Waals surface area contributed by atoms with Crippen molar-refractivity contribution in [3.63, 3.8) is 0 Å². The third kappa shape index (κ3) is 7.12. The molecule has 0 atom stereocenters. The average Bonchev–Trinajstić information content (AvgIpc) is 3.00. The fourth-order valence-corrected chi connectivity index (χ4v) is 2.92. The number of hydrogen-bond donors (Lipinski definition) is 1. The molecule has 0 bridgehead atoms. The second-order valence-electron chi connectivity index (χ2n) is 5.65. The standard InChI is InChI=1S/C17H29N3O2S/c1-4-7-10-18-17(22)14-13-23-15(19-14)12-20(11-8-5-2)16(21)9-6-3/h13H,4-12H2,1-3H3,(H,18,22). The predicted octanol–water partition coefficient (Wildman–Crippen LogP) is 3.60. The van der Waals surface area contributed by atoms with Crippen molar-refractivity contribution in [2.75, 3.05) is 13.1 Å². The van der Waals surface area contributed by atoms with E-state index >= 15 is 0 Å². The average molecular weight is 340 g/mol. The molecule has 1 N–H and O–H groups in total. The van der Waals surface area contributed by atoms with Gasteiger partial charge in [-0.2, -0.15) is 0 Å². The van der Waals surface area contributed by atoms with E-state index in [-0.39, 0.29) is 11.8 Å². The van der Waals surface area contributed by atoms with E-state index in [0.29, 0.717) is 25.2 Å². The summed E-state index contributed by atoms with van der Waals surface area (Å²) in [5, 5.41) is 5.47. The Kier molecular flexibility index (Phi) is 9.52. The molecule has 0 saturated carbocycles. The van der Waals surface area contributed by atoms with E-state index in [1.807, 2.05) is 11.8 Å². The van der Waals surface area contributed by atoms with E-state index in [4.69, 9.17) is 0 Å². The molecule has 23 heavy (non-hydrogen) atoms. The summed E-state index contributed by atoms with van der Waals surface area (Å²) in [5.74, 6) is 0.0473. The molecule has 1 rings (SSSR count). The van der Waals surface area contributed by atoms with E-state index < -0.39 is 0 Å². The van der Waals surface area contributed by atoms with Crippen LogP contribution < -0.4 is 5.32 Å². The SMILES string of the molecule is CCCCNC(=O)c1csc(CN(CCCC)C(=O)CCC)n1. The lowest BCUT2D eigenvalue weighted by molar-refractivity contribution is -0.131. The molecule has 0 spiro atoms. The minimum absolute atomic E-state index is 0.124. The second kappa shape index (κ2) is 11.2. The van der Waals surface area contributed by atoms with Crippen molar-refractivity contribution in [2.24, 2.45) is 0 Å². The zero-order valence-corrected chi connectivity index (χ0v) is 15.4. The maximum absolute atomic E-state index is 12.2. The lowest BCUT2D eigenvalue weighted by atomic mass is 10.2. The number of thiazole rings is 1. The molecule has 5 nitrogen and oxygen atoms in total. The van der Waals surface area contributed by atoms with Crippen LogP contribution in [0.2, 0.25) is 0 Å². The fourth-order valence-electron chi connectivity index (χ4n) is 2.13. The van der Waals surface area contributed by atoms with Gasteiger partial charge in [0.2, 0.25) is 5.91 Å². The summed E-state index contributed by atoms with van der Waals surface area (Å²) >= 11 is 1.45. The lowest BCUT2D eigenvalue weighted by Crippen LogP contribution is -2.31. The third-order valence-corrected chi connectivity index (χ3v) is 4.36. The van der Waals surface area contributed by atoms with Gasteiger partial charge in [-0.3, -0.25) is 9.59 Å². The summed E-state index contributed by atoms with van der Waals surface area (Å²) in [7, 11) is 0. The predicted molar refractivity (Wildman–Crippen MR) is 94.6 cm³/mol. The van der Waals surface area contributed by atoms with Crippen LogP contribution in [0.1, 0.15) is 74.8 Å². The normalized spacial score (nSPS) is 10.6. The van der Waals surface area contributed by atoms with E-state index in [0.717, 1.165) is 43.7 Å². The first-order valence-electron chi connectivity index (χ1n) is 8.62. The van der Waals surface area contributed by atoms with Gasteiger partial charge in [0.15, 0.2) is 0 Å². The Bertz CT molecular complexity index is 488. The molecule has 0 aliphatic carbocycles. The fraction of sp³-hybridized carbons (Fsp3) is 0.706. The van der Waals surface area contributed by atoms with Crippen LogP contribution in [0.15, 0.2) is 5.38 Å². The van der Waals surface area contributed by atoms with Crippen molar-refractivity contribution in [1.29, 1.82) is 0 Å². The molecule has 0 fully saturated rings. The maximum atomic E-state index is 12.2. The number of nitrogens with zero attached hydrogens (tertiary/aromatic N) is 2. The molecule has 0 aliphatic rings. The lowest BCUT2D eigenvalue weighted by Gasteiger charge is -2.21. The van der Waals surface area contributed by atoms with E-state index in [1.165, 1.54) is 11.3 Å². The Morgan fingerprint density at radius 3 is 2.57 bits per heavy atom. The molecule has 130 valence electrons. The number of aromatic nitrogens is 1. The molecule has 2 amide bonds. The van der Waals surface area contributed by atoms with Gasteiger partial charge in [0.05, 0.1) is 6.54 Å². The van der Waals surface area contributed by atoms with Gasteiger partial charge in [0.1, 0.15) is 10.7 Å². The number of carbonyl (C=O) groups is 2. The van der Waals surface area contributed by atoms with Crippen LogP contribution in [0.5, 0.6) is 0 Å². The van der Waals surface area contributed by atoms with Crippen LogP contribution in [0, 0.1) is 0 Å². The monoisotopic (exact) mass is 339 g/mol. The highest BCUT2D eigenvalue weighted by molar-refractivity contribution is 7.09. The van der Waals surface area contributed by atoms with E-state index in [2.05, 4.69) is 24.1 Å². The first kappa shape index (κ1) is 19.6. The number of rotatable bonds is 11. The van der Waals surface area contributed by atoms with Crippen molar-refractivity contribution in [1.82, 2.24) is 15.2 Å². The molecular weight excluding hydrogens is 310 g/mol. The minimum atomic E-state index is -0.124. The minimum Gasteiger partial charge on any atom is -0.351 e. The molecule has 0 radical (unpaired) electrons. The van der Waals surface area contributed by atoms with Crippen molar-refractivity contribution >= 4 is 23.2 Å². The van der Waals surface area contributed by atoms with Crippen LogP contribution in [0.4, 0.5) is 0 Å². The van der Waals surface area contributed by atoms with Crippen molar-refractivity contribution in [3.8, 4) is 0 Å². The van der Waals surface area contributed by atoms with Gasteiger partial charge >= 0.3 is 0 Å². The molecular formula is C17H29N3O2S. The quantitative estimate of drug-likeness (QED) is 0.627. The zero-order valence-electron chi connectivity index (χ0n) is 14.6. The van der Waals surface area contributed by atoms with Crippen LogP contribution in [-0.4, -0.2) is 34.8 Å². The Morgan fingerprint density at radius 2 is 1.91 bits per heavy atom. The molecule has 1 aromatic heterocycles. The Labute approximate surface area is 143 Å². The Morgan fingerprint density at radius 1 is 1.17 bits per heavy atom. The molecule has 0 aromatic carbocycles. The summed E-state index contributed by atoms with van der Waals surface area (Å²) < 4.78 is 0. The summed E-state index contributed by atoms with van der Waals surface area (Å²) in [6, 6.07) is 0. The van der Waals surface area contributed by atoms with Crippen LogP contribution in [0.3, 0.4) is 0 Å². The molecule has 0 saturated heterocycles. The van der Waals surface area contributed by atoms with Crippen molar-refractivity contribution < 1.29 is 9.59 Å². The topological polar surface area (TPSA) is 62.3 Å². The van der Waals surface area contributed by atoms with Gasteiger partial charge in [-0.25, -0.2) is 4.98 Å². The molecule has 1 aromatic rings. The molecule has 1 heterocycles. The highest BCUT2D eigenvalue weighted by atomic mass is 32.1. The highest BCUT2D eigenvalue weighted by Crippen LogP contribution is 2.14. The summed E-state index contributed by atoms with van der Waals surface area (Å²) in [5.41, 5.74) is 0.458. The van der Waals surface area contributed by atoms with Gasteiger partial charge in [0.25, 0.3) is 5.91 Å². The largest absolute Gasteiger partial charge is 0.351 e. The Balaban J connectivity index is 2.62. The molecule has 6 heteroatoms. The third-order valence-electron chi connectivity index (χ3n) is 3.52. The first-order chi connectivity index (χ1) is 11.1. The zero-order chi connectivity index (χ0) is 17.1. The summed E-state index contributed by atoms with van der Waals surface area (Å²) in [4.78, 5) is 30.4. The van der Waals surface area contributed by atoms with Crippen LogP contribution in [-0.2, 0) is 11.3 Å². The van der Waals surface area contributed by atoms with E-state index in [9.17, 15) is 9.59 Å². The number of carbonyl (C=O) groups excluding carboxylic acids is 2. The van der Waals surface area contributed by atoms with Gasteiger partial charge in [-0.05, 0) is 19.3 Å². The smallest absolute Gasteiger partial charge is 0.270 e. The Hall–Kier alpha value is -1.43. The van der Waals surface area contributed by atoms with Gasteiger partial charge in [-0.15, -0.1) is 11.3 Å². The number of nitrogens with one attached hydrogen (secondary N) is 1. The van der Waals surface area contributed by atoms with E-state index in [1.54, 1.807) is 5.38 Å².